The smallest absolute Gasteiger partial charge is 0.131 e. The second kappa shape index (κ2) is 6.84. The second-order valence-electron chi connectivity index (χ2n) is 7.06. The van der Waals surface area contributed by atoms with E-state index >= 15 is 0 Å². The van der Waals surface area contributed by atoms with Crippen LogP contribution in [0.3, 0.4) is 0 Å². The normalized spacial score (nSPS) is 22.1. The first-order chi connectivity index (χ1) is 12.1. The van der Waals surface area contributed by atoms with Crippen LogP contribution in [0, 0.1) is 11.6 Å². The van der Waals surface area contributed by atoms with Crippen molar-refractivity contribution in [3.05, 3.63) is 52.6 Å². The molecule has 25 heavy (non-hydrogen) atoms. The highest BCUT2D eigenvalue weighted by Gasteiger charge is 2.32. The molecule has 2 unspecified atom stereocenters. The summed E-state index contributed by atoms with van der Waals surface area (Å²) in [7, 11) is 0. The molecule has 1 saturated heterocycles. The Hall–Kier alpha value is -1.79. The first-order valence-electron chi connectivity index (χ1n) is 9.07. The maximum absolute atomic E-state index is 13.9. The molecule has 4 nitrogen and oxygen atoms in total. The Bertz CT molecular complexity index is 717. The van der Waals surface area contributed by atoms with Crippen LogP contribution < -0.4 is 0 Å². The van der Waals surface area contributed by atoms with Gasteiger partial charge in [-0.1, -0.05) is 6.07 Å². The molecule has 134 valence electrons. The summed E-state index contributed by atoms with van der Waals surface area (Å²) in [5.74, 6) is -0.459. The second-order valence-corrected chi connectivity index (χ2v) is 7.06. The molecule has 0 spiro atoms. The van der Waals surface area contributed by atoms with Crippen LogP contribution in [-0.2, 0) is 12.8 Å². The van der Waals surface area contributed by atoms with E-state index < -0.39 is 17.7 Å². The van der Waals surface area contributed by atoms with Gasteiger partial charge >= 0.3 is 0 Å². The molecule has 1 aliphatic heterocycles. The number of halogens is 2. The van der Waals surface area contributed by atoms with Crippen molar-refractivity contribution in [1.29, 1.82) is 0 Å². The molecule has 0 bridgehead atoms. The lowest BCUT2D eigenvalue weighted by Crippen LogP contribution is -2.29. The van der Waals surface area contributed by atoms with Crippen LogP contribution in [0.5, 0.6) is 0 Å². The Morgan fingerprint density at radius 2 is 1.96 bits per heavy atom. The van der Waals surface area contributed by atoms with Crippen LogP contribution in [0.1, 0.15) is 60.6 Å². The average Bonchev–Trinajstić information content (AvgIpc) is 3.20. The minimum absolute atomic E-state index is 0.0788. The molecule has 0 saturated carbocycles. The minimum Gasteiger partial charge on any atom is -0.387 e. The van der Waals surface area contributed by atoms with Crippen molar-refractivity contribution in [2.24, 2.45) is 0 Å². The standard InChI is InChI=1S/C19H23F2N3O/c20-12-5-3-6-13(21)18(12)17(25)11-24-10-4-9-16(24)19-22-14-7-1-2-8-15(14)23-19/h3,5-6,16-17,25H,1-2,4,7-11H2,(H,22,23). The molecule has 1 aliphatic carbocycles. The van der Waals surface area contributed by atoms with E-state index in [4.69, 9.17) is 4.98 Å². The molecule has 0 amide bonds. The van der Waals surface area contributed by atoms with E-state index in [1.54, 1.807) is 0 Å². The number of H-pyrrole nitrogens is 1. The molecule has 2 atom stereocenters. The number of imidazole rings is 1. The minimum atomic E-state index is -1.19. The highest BCUT2D eigenvalue weighted by atomic mass is 19.1. The van der Waals surface area contributed by atoms with Crippen molar-refractivity contribution < 1.29 is 13.9 Å². The summed E-state index contributed by atoms with van der Waals surface area (Å²) in [6, 6.07) is 3.76. The maximum Gasteiger partial charge on any atom is 0.131 e. The Kier molecular flexibility index (Phi) is 4.56. The first-order valence-corrected chi connectivity index (χ1v) is 9.07. The lowest BCUT2D eigenvalue weighted by atomic mass is 10.0. The third-order valence-electron chi connectivity index (χ3n) is 5.39. The van der Waals surface area contributed by atoms with Gasteiger partial charge in [0, 0.05) is 12.2 Å². The fourth-order valence-corrected chi connectivity index (χ4v) is 4.13. The predicted molar refractivity (Wildman–Crippen MR) is 90.1 cm³/mol. The number of fused-ring (bicyclic) bond motifs is 1. The Labute approximate surface area is 145 Å². The number of aliphatic hydroxyl groups is 1. The van der Waals surface area contributed by atoms with Gasteiger partial charge in [-0.2, -0.15) is 0 Å². The first kappa shape index (κ1) is 16.7. The molecule has 2 heterocycles. The van der Waals surface area contributed by atoms with Crippen molar-refractivity contribution in [2.45, 2.75) is 50.7 Å². The number of aromatic amines is 1. The van der Waals surface area contributed by atoms with Gasteiger partial charge in [0.05, 0.1) is 23.4 Å². The highest BCUT2D eigenvalue weighted by Crippen LogP contribution is 2.34. The summed E-state index contributed by atoms with van der Waals surface area (Å²) in [5, 5.41) is 10.4. The van der Waals surface area contributed by atoms with E-state index in [2.05, 4.69) is 9.88 Å². The van der Waals surface area contributed by atoms with Gasteiger partial charge in [-0.25, -0.2) is 13.8 Å². The van der Waals surface area contributed by atoms with E-state index in [9.17, 15) is 13.9 Å². The number of aliphatic hydroxyl groups excluding tert-OH is 1. The number of aromatic nitrogens is 2. The quantitative estimate of drug-likeness (QED) is 0.891. The molecule has 1 fully saturated rings. The van der Waals surface area contributed by atoms with E-state index in [1.807, 2.05) is 0 Å². The largest absolute Gasteiger partial charge is 0.387 e. The van der Waals surface area contributed by atoms with E-state index in [1.165, 1.54) is 36.7 Å². The number of nitrogens with one attached hydrogen (secondary N) is 1. The summed E-state index contributed by atoms with van der Waals surface area (Å²) in [6.07, 6.45) is 5.16. The molecule has 1 aromatic heterocycles. The molecule has 2 aliphatic rings. The van der Waals surface area contributed by atoms with E-state index in [-0.39, 0.29) is 18.2 Å². The number of benzene rings is 1. The number of hydrogen-bond acceptors (Lipinski definition) is 3. The average molecular weight is 347 g/mol. The molecule has 1 aromatic carbocycles. The van der Waals surface area contributed by atoms with Crippen molar-refractivity contribution >= 4 is 0 Å². The number of hydrogen-bond donors (Lipinski definition) is 2. The van der Waals surface area contributed by atoms with Crippen LogP contribution in [0.4, 0.5) is 8.78 Å². The fourth-order valence-electron chi connectivity index (χ4n) is 4.13. The molecular formula is C19H23F2N3O. The third kappa shape index (κ3) is 3.20. The van der Waals surface area contributed by atoms with Crippen LogP contribution in [-0.4, -0.2) is 33.1 Å². The van der Waals surface area contributed by atoms with Crippen LogP contribution in [0.25, 0.3) is 0 Å². The number of rotatable bonds is 4. The number of nitrogens with zero attached hydrogens (tertiary/aromatic N) is 2. The molecule has 2 N–H and O–H groups in total. The Balaban J connectivity index is 1.53. The van der Waals surface area contributed by atoms with Crippen molar-refractivity contribution in [1.82, 2.24) is 14.9 Å². The predicted octanol–water partition coefficient (Wildman–Crippen LogP) is 3.44. The Morgan fingerprint density at radius 3 is 2.72 bits per heavy atom. The molecular weight excluding hydrogens is 324 g/mol. The number of likely N-dealkylation sites (tertiary alicyclic amines) is 1. The molecule has 0 radical (unpaired) electrons. The SMILES string of the molecule is OC(CN1CCCC1c1nc2c([nH]1)CCCC2)c1c(F)cccc1F. The van der Waals surface area contributed by atoms with Crippen molar-refractivity contribution in [3.63, 3.8) is 0 Å². The third-order valence-corrected chi connectivity index (χ3v) is 5.39. The summed E-state index contributed by atoms with van der Waals surface area (Å²) in [5.41, 5.74) is 2.15. The van der Waals surface area contributed by atoms with Crippen LogP contribution in [0.15, 0.2) is 18.2 Å². The lowest BCUT2D eigenvalue weighted by molar-refractivity contribution is 0.0984. The summed E-state index contributed by atoms with van der Waals surface area (Å²) < 4.78 is 27.8. The van der Waals surface area contributed by atoms with Gasteiger partial charge in [-0.3, -0.25) is 4.90 Å². The zero-order chi connectivity index (χ0) is 17.4. The van der Waals surface area contributed by atoms with E-state index in [0.717, 1.165) is 43.7 Å². The van der Waals surface area contributed by atoms with Gasteiger partial charge in [0.25, 0.3) is 0 Å². The van der Waals surface area contributed by atoms with Gasteiger partial charge in [-0.05, 0) is 57.2 Å². The molecule has 2 aromatic rings. The fraction of sp³-hybridized carbons (Fsp3) is 0.526. The molecule has 4 rings (SSSR count). The maximum atomic E-state index is 13.9. The zero-order valence-electron chi connectivity index (χ0n) is 14.1. The van der Waals surface area contributed by atoms with Gasteiger partial charge in [0.2, 0.25) is 0 Å². The number of β-amino-alcohol motifs (C(OH)–C–C–N with tert-alkyl or cyclic N) is 1. The highest BCUT2D eigenvalue weighted by molar-refractivity contribution is 5.23. The van der Waals surface area contributed by atoms with Crippen LogP contribution in [0.2, 0.25) is 0 Å². The lowest BCUT2D eigenvalue weighted by Gasteiger charge is -2.26. The monoisotopic (exact) mass is 347 g/mol. The summed E-state index contributed by atoms with van der Waals surface area (Å²) >= 11 is 0. The van der Waals surface area contributed by atoms with Gasteiger partial charge < -0.3 is 10.1 Å². The van der Waals surface area contributed by atoms with Crippen molar-refractivity contribution in [3.8, 4) is 0 Å². The Morgan fingerprint density at radius 1 is 1.20 bits per heavy atom. The van der Waals surface area contributed by atoms with E-state index in [0.29, 0.717) is 0 Å². The van der Waals surface area contributed by atoms with Crippen molar-refractivity contribution in [2.75, 3.05) is 13.1 Å². The summed E-state index contributed by atoms with van der Waals surface area (Å²) in [6.45, 7) is 0.997. The summed E-state index contributed by atoms with van der Waals surface area (Å²) in [4.78, 5) is 10.3. The zero-order valence-corrected chi connectivity index (χ0v) is 14.1. The molecule has 6 heteroatoms. The van der Waals surface area contributed by atoms with Gasteiger partial charge in [0.15, 0.2) is 0 Å². The van der Waals surface area contributed by atoms with Crippen LogP contribution >= 0.6 is 0 Å². The van der Waals surface area contributed by atoms with Gasteiger partial charge in [0.1, 0.15) is 17.5 Å². The topological polar surface area (TPSA) is 52.1 Å². The van der Waals surface area contributed by atoms with Gasteiger partial charge in [-0.15, -0.1) is 0 Å². The number of aryl methyl sites for hydroxylation is 2.